The molecule has 0 radical (unpaired) electrons. The Labute approximate surface area is 174 Å². The minimum absolute atomic E-state index is 0.0298. The first kappa shape index (κ1) is 26.9. The van der Waals surface area contributed by atoms with Crippen molar-refractivity contribution in [3.8, 4) is 0 Å². The third-order valence-corrected chi connectivity index (χ3v) is 5.03. The van der Waals surface area contributed by atoms with E-state index >= 15 is 0 Å². The van der Waals surface area contributed by atoms with Gasteiger partial charge in [-0.1, -0.05) is 90.9 Å². The monoisotopic (exact) mass is 398 g/mol. The number of hydrogen-bond acceptors (Lipinski definition) is 4. The van der Waals surface area contributed by atoms with E-state index in [0.717, 1.165) is 51.4 Å². The van der Waals surface area contributed by atoms with Crippen LogP contribution in [0.3, 0.4) is 0 Å². The van der Waals surface area contributed by atoms with Gasteiger partial charge in [0.2, 0.25) is 0 Å². The third-order valence-electron chi connectivity index (χ3n) is 5.03. The van der Waals surface area contributed by atoms with Crippen LogP contribution >= 0.6 is 0 Å². The van der Waals surface area contributed by atoms with Crippen molar-refractivity contribution >= 4 is 11.9 Å². The van der Waals surface area contributed by atoms with Crippen LogP contribution in [0.1, 0.15) is 129 Å². The lowest BCUT2D eigenvalue weighted by Crippen LogP contribution is -2.05. The topological polar surface area (TPSA) is 52.6 Å². The lowest BCUT2D eigenvalue weighted by Gasteiger charge is -2.06. The van der Waals surface area contributed by atoms with Gasteiger partial charge in [-0.3, -0.25) is 9.59 Å². The first-order valence-electron chi connectivity index (χ1n) is 12.0. The highest BCUT2D eigenvalue weighted by atomic mass is 16.5. The third kappa shape index (κ3) is 21.2. The molecule has 0 spiro atoms. The van der Waals surface area contributed by atoms with Gasteiger partial charge in [-0.05, 0) is 25.7 Å². The second kappa shape index (κ2) is 22.2. The normalized spacial score (nSPS) is 10.8. The number of rotatable bonds is 21. The van der Waals surface area contributed by atoms with Crippen molar-refractivity contribution in [1.29, 1.82) is 0 Å². The first-order valence-corrected chi connectivity index (χ1v) is 12.0. The summed E-state index contributed by atoms with van der Waals surface area (Å²) in [4.78, 5) is 23.1. The zero-order chi connectivity index (χ0) is 20.7. The number of carbonyl (C=O) groups is 2. The summed E-state index contributed by atoms with van der Waals surface area (Å²) < 4.78 is 10.5. The second-order valence-corrected chi connectivity index (χ2v) is 7.89. The Bertz CT molecular complexity index is 321. The van der Waals surface area contributed by atoms with Crippen molar-refractivity contribution in [1.82, 2.24) is 0 Å². The largest absolute Gasteiger partial charge is 0.466 e. The summed E-state index contributed by atoms with van der Waals surface area (Å²) in [7, 11) is 0. The highest BCUT2D eigenvalue weighted by Gasteiger charge is 2.03. The van der Waals surface area contributed by atoms with Crippen LogP contribution in [0.15, 0.2) is 0 Å². The van der Waals surface area contributed by atoms with E-state index in [1.165, 1.54) is 51.4 Å². The van der Waals surface area contributed by atoms with Gasteiger partial charge in [0.15, 0.2) is 0 Å². The second-order valence-electron chi connectivity index (χ2n) is 7.89. The molecule has 0 saturated carbocycles. The van der Waals surface area contributed by atoms with Gasteiger partial charge < -0.3 is 9.47 Å². The van der Waals surface area contributed by atoms with Gasteiger partial charge in [0.1, 0.15) is 0 Å². The van der Waals surface area contributed by atoms with Gasteiger partial charge in [0.25, 0.3) is 0 Å². The molecule has 0 bridgehead atoms. The Morgan fingerprint density at radius 1 is 0.464 bits per heavy atom. The van der Waals surface area contributed by atoms with E-state index in [2.05, 4.69) is 13.8 Å². The van der Waals surface area contributed by atoms with E-state index in [0.29, 0.717) is 26.1 Å². The Morgan fingerprint density at radius 2 is 0.786 bits per heavy atom. The minimum Gasteiger partial charge on any atom is -0.466 e. The van der Waals surface area contributed by atoms with Crippen LogP contribution < -0.4 is 0 Å². The van der Waals surface area contributed by atoms with Crippen LogP contribution in [0.4, 0.5) is 0 Å². The van der Waals surface area contributed by atoms with Crippen LogP contribution in [-0.2, 0) is 19.1 Å². The Morgan fingerprint density at radius 3 is 1.14 bits per heavy atom. The molecule has 0 fully saturated rings. The fourth-order valence-corrected chi connectivity index (χ4v) is 3.17. The average molecular weight is 399 g/mol. The van der Waals surface area contributed by atoms with E-state index < -0.39 is 0 Å². The van der Waals surface area contributed by atoms with E-state index in [9.17, 15) is 9.59 Å². The minimum atomic E-state index is -0.0298. The lowest BCUT2D eigenvalue weighted by molar-refractivity contribution is -0.144. The molecule has 0 atom stereocenters. The van der Waals surface area contributed by atoms with Crippen LogP contribution in [0.5, 0.6) is 0 Å². The molecular formula is C24H46O4. The van der Waals surface area contributed by atoms with Crippen LogP contribution in [0.2, 0.25) is 0 Å². The summed E-state index contributed by atoms with van der Waals surface area (Å²) in [5.74, 6) is -0.0597. The summed E-state index contributed by atoms with van der Waals surface area (Å²) in [6, 6.07) is 0. The maximum atomic E-state index is 11.5. The fourth-order valence-electron chi connectivity index (χ4n) is 3.17. The Kier molecular flexibility index (Phi) is 21.4. The van der Waals surface area contributed by atoms with Crippen molar-refractivity contribution in [2.24, 2.45) is 0 Å². The molecule has 0 unspecified atom stereocenters. The summed E-state index contributed by atoms with van der Waals surface area (Å²) in [5.41, 5.74) is 0. The van der Waals surface area contributed by atoms with E-state index in [4.69, 9.17) is 9.47 Å². The zero-order valence-corrected chi connectivity index (χ0v) is 18.8. The van der Waals surface area contributed by atoms with Crippen molar-refractivity contribution in [3.05, 3.63) is 0 Å². The van der Waals surface area contributed by atoms with Gasteiger partial charge in [0.05, 0.1) is 13.2 Å². The molecule has 4 nitrogen and oxygen atoms in total. The first-order chi connectivity index (χ1) is 13.7. The van der Waals surface area contributed by atoms with Gasteiger partial charge in [-0.2, -0.15) is 0 Å². The fraction of sp³-hybridized carbons (Fsp3) is 0.917. The van der Waals surface area contributed by atoms with Crippen molar-refractivity contribution in [3.63, 3.8) is 0 Å². The number of ether oxygens (including phenoxy) is 2. The molecule has 0 N–H and O–H groups in total. The maximum absolute atomic E-state index is 11.5. The molecule has 0 aliphatic heterocycles. The molecule has 28 heavy (non-hydrogen) atoms. The molecule has 0 rings (SSSR count). The molecule has 166 valence electrons. The van der Waals surface area contributed by atoms with Crippen molar-refractivity contribution in [2.45, 2.75) is 129 Å². The molecule has 0 aliphatic rings. The molecule has 0 saturated heterocycles. The molecule has 0 aromatic carbocycles. The van der Waals surface area contributed by atoms with Gasteiger partial charge in [-0.25, -0.2) is 0 Å². The predicted molar refractivity (Wildman–Crippen MR) is 116 cm³/mol. The van der Waals surface area contributed by atoms with Crippen LogP contribution in [0, 0.1) is 0 Å². The summed E-state index contributed by atoms with van der Waals surface area (Å²) in [5, 5.41) is 0. The lowest BCUT2D eigenvalue weighted by atomic mass is 10.1. The SMILES string of the molecule is CCCCCCC(=O)OCCCCCCCCCCOC(=O)CCCCCC. The molecule has 4 heteroatoms. The molecule has 0 aromatic heterocycles. The highest BCUT2D eigenvalue weighted by Crippen LogP contribution is 2.10. The smallest absolute Gasteiger partial charge is 0.305 e. The number of carbonyl (C=O) groups excluding carboxylic acids is 2. The number of hydrogen-bond donors (Lipinski definition) is 0. The Hall–Kier alpha value is -1.06. The average Bonchev–Trinajstić information content (AvgIpc) is 2.69. The molecule has 0 amide bonds. The molecule has 0 aromatic rings. The van der Waals surface area contributed by atoms with Crippen LogP contribution in [-0.4, -0.2) is 25.2 Å². The van der Waals surface area contributed by atoms with E-state index in [-0.39, 0.29) is 11.9 Å². The maximum Gasteiger partial charge on any atom is 0.305 e. The van der Waals surface area contributed by atoms with Gasteiger partial charge >= 0.3 is 11.9 Å². The van der Waals surface area contributed by atoms with Gasteiger partial charge in [0, 0.05) is 12.8 Å². The predicted octanol–water partition coefficient (Wildman–Crippen LogP) is 7.13. The standard InChI is InChI=1S/C24H46O4/c1-3-5-7-15-19-23(25)27-21-17-13-11-9-10-12-14-18-22-28-24(26)20-16-8-6-4-2/h3-22H2,1-2H3. The number of unbranched alkanes of at least 4 members (excludes halogenated alkanes) is 13. The molecule has 0 heterocycles. The zero-order valence-electron chi connectivity index (χ0n) is 18.8. The number of esters is 2. The van der Waals surface area contributed by atoms with Gasteiger partial charge in [-0.15, -0.1) is 0 Å². The van der Waals surface area contributed by atoms with Crippen molar-refractivity contribution in [2.75, 3.05) is 13.2 Å². The van der Waals surface area contributed by atoms with E-state index in [1.54, 1.807) is 0 Å². The quantitative estimate of drug-likeness (QED) is 0.152. The summed E-state index contributed by atoms with van der Waals surface area (Å²) in [6.07, 6.45) is 19.3. The summed E-state index contributed by atoms with van der Waals surface area (Å²) in [6.45, 7) is 5.51. The van der Waals surface area contributed by atoms with Crippen molar-refractivity contribution < 1.29 is 19.1 Å². The van der Waals surface area contributed by atoms with Crippen LogP contribution in [0.25, 0.3) is 0 Å². The Balaban J connectivity index is 3.19. The van der Waals surface area contributed by atoms with E-state index in [1.807, 2.05) is 0 Å². The molecular weight excluding hydrogens is 352 g/mol. The molecule has 0 aliphatic carbocycles. The summed E-state index contributed by atoms with van der Waals surface area (Å²) >= 11 is 0. The highest BCUT2D eigenvalue weighted by molar-refractivity contribution is 5.69.